The lowest BCUT2D eigenvalue weighted by Gasteiger charge is -2.32. The molecule has 1 saturated heterocycles. The van der Waals surface area contributed by atoms with Crippen molar-refractivity contribution in [3.05, 3.63) is 27.7 Å². The summed E-state index contributed by atoms with van der Waals surface area (Å²) in [5.41, 5.74) is 8.08. The average Bonchev–Trinajstić information content (AvgIpc) is 2.45. The number of amides is 1. The minimum Gasteiger partial charge on any atom is -0.398 e. The molecule has 4 nitrogen and oxygen atoms in total. The molecule has 0 spiro atoms. The van der Waals surface area contributed by atoms with Gasteiger partial charge in [0, 0.05) is 34.9 Å². The Morgan fingerprint density at radius 2 is 2.10 bits per heavy atom. The molecule has 0 unspecified atom stereocenters. The van der Waals surface area contributed by atoms with E-state index in [9.17, 15) is 4.79 Å². The van der Waals surface area contributed by atoms with Crippen LogP contribution in [0.1, 0.15) is 42.1 Å². The van der Waals surface area contributed by atoms with Crippen LogP contribution in [0.4, 0.5) is 5.69 Å². The number of carbonyl (C=O) groups is 1. The van der Waals surface area contributed by atoms with Crippen molar-refractivity contribution in [3.63, 3.8) is 0 Å². The standard InChI is InChI=1S/C16H24BrN3O/c1-3-6-20-7-4-13(5-8-20)19-16(21)14-9-12(17)10-15(18)11(14)2/h9-10,13H,3-8,18H2,1-2H3,(H,19,21). The number of halogens is 1. The highest BCUT2D eigenvalue weighted by atomic mass is 79.9. The van der Waals surface area contributed by atoms with Gasteiger partial charge in [0.1, 0.15) is 0 Å². The first-order valence-electron chi connectivity index (χ1n) is 7.60. The van der Waals surface area contributed by atoms with Crippen LogP contribution in [0.5, 0.6) is 0 Å². The van der Waals surface area contributed by atoms with Crippen LogP contribution in [0, 0.1) is 6.92 Å². The van der Waals surface area contributed by atoms with E-state index >= 15 is 0 Å². The molecule has 3 N–H and O–H groups in total. The van der Waals surface area contributed by atoms with Gasteiger partial charge in [-0.3, -0.25) is 4.79 Å². The zero-order chi connectivity index (χ0) is 15.4. The maximum atomic E-state index is 12.4. The van der Waals surface area contributed by atoms with Gasteiger partial charge in [0.25, 0.3) is 5.91 Å². The van der Waals surface area contributed by atoms with E-state index in [1.54, 1.807) is 0 Å². The van der Waals surface area contributed by atoms with E-state index < -0.39 is 0 Å². The van der Waals surface area contributed by atoms with Crippen LogP contribution in [-0.2, 0) is 0 Å². The second kappa shape index (κ2) is 7.27. The van der Waals surface area contributed by atoms with Crippen molar-refractivity contribution in [2.45, 2.75) is 39.2 Å². The summed E-state index contributed by atoms with van der Waals surface area (Å²) in [4.78, 5) is 14.9. The summed E-state index contributed by atoms with van der Waals surface area (Å²) >= 11 is 3.40. The minimum absolute atomic E-state index is 0.0190. The third kappa shape index (κ3) is 4.20. The lowest BCUT2D eigenvalue weighted by atomic mass is 10.0. The zero-order valence-electron chi connectivity index (χ0n) is 12.8. The first-order chi connectivity index (χ1) is 10.0. The molecule has 5 heteroatoms. The Kier molecular flexibility index (Phi) is 5.65. The highest BCUT2D eigenvalue weighted by molar-refractivity contribution is 9.10. The second-order valence-electron chi connectivity index (χ2n) is 5.76. The topological polar surface area (TPSA) is 58.4 Å². The Balaban J connectivity index is 1.97. The van der Waals surface area contributed by atoms with Crippen molar-refractivity contribution < 1.29 is 4.79 Å². The van der Waals surface area contributed by atoms with E-state index in [2.05, 4.69) is 33.1 Å². The van der Waals surface area contributed by atoms with Gasteiger partial charge >= 0.3 is 0 Å². The molecule has 0 aliphatic carbocycles. The van der Waals surface area contributed by atoms with Gasteiger partial charge in [-0.1, -0.05) is 22.9 Å². The number of hydrogen-bond donors (Lipinski definition) is 2. The van der Waals surface area contributed by atoms with Crippen molar-refractivity contribution in [1.82, 2.24) is 10.2 Å². The molecule has 21 heavy (non-hydrogen) atoms. The van der Waals surface area contributed by atoms with Gasteiger partial charge in [-0.05, 0) is 50.4 Å². The number of hydrogen-bond acceptors (Lipinski definition) is 3. The van der Waals surface area contributed by atoms with Gasteiger partial charge in [-0.2, -0.15) is 0 Å². The van der Waals surface area contributed by atoms with Gasteiger partial charge in [0.15, 0.2) is 0 Å². The molecule has 1 aliphatic rings. The summed E-state index contributed by atoms with van der Waals surface area (Å²) in [5.74, 6) is -0.0190. The molecule has 1 amide bonds. The van der Waals surface area contributed by atoms with Crippen LogP contribution in [0.3, 0.4) is 0 Å². The molecule has 2 rings (SSSR count). The Labute approximate surface area is 135 Å². The van der Waals surface area contributed by atoms with Crippen LogP contribution in [0.2, 0.25) is 0 Å². The molecule has 1 heterocycles. The minimum atomic E-state index is -0.0190. The van der Waals surface area contributed by atoms with Crippen LogP contribution in [-0.4, -0.2) is 36.5 Å². The van der Waals surface area contributed by atoms with E-state index in [0.717, 1.165) is 42.5 Å². The van der Waals surface area contributed by atoms with Crippen LogP contribution in [0.25, 0.3) is 0 Å². The van der Waals surface area contributed by atoms with Crippen molar-refractivity contribution in [2.75, 3.05) is 25.4 Å². The highest BCUT2D eigenvalue weighted by Gasteiger charge is 2.21. The van der Waals surface area contributed by atoms with Crippen LogP contribution in [0.15, 0.2) is 16.6 Å². The Bertz CT molecular complexity index is 510. The molecule has 1 aromatic rings. The lowest BCUT2D eigenvalue weighted by molar-refractivity contribution is 0.0910. The molecular weight excluding hydrogens is 330 g/mol. The molecule has 1 fully saturated rings. The number of likely N-dealkylation sites (tertiary alicyclic amines) is 1. The fraction of sp³-hybridized carbons (Fsp3) is 0.562. The predicted molar refractivity (Wildman–Crippen MR) is 90.5 cm³/mol. The SMILES string of the molecule is CCCN1CCC(NC(=O)c2cc(Br)cc(N)c2C)CC1. The summed E-state index contributed by atoms with van der Waals surface area (Å²) < 4.78 is 0.841. The maximum absolute atomic E-state index is 12.4. The van der Waals surface area contributed by atoms with Crippen LogP contribution < -0.4 is 11.1 Å². The quantitative estimate of drug-likeness (QED) is 0.818. The molecule has 0 saturated carbocycles. The first kappa shape index (κ1) is 16.3. The number of rotatable bonds is 4. The molecule has 1 aromatic carbocycles. The molecule has 116 valence electrons. The Hall–Kier alpha value is -1.07. The molecule has 1 aliphatic heterocycles. The Morgan fingerprint density at radius 3 is 2.71 bits per heavy atom. The second-order valence-corrected chi connectivity index (χ2v) is 6.67. The molecule has 0 bridgehead atoms. The number of anilines is 1. The molecule has 0 atom stereocenters. The first-order valence-corrected chi connectivity index (χ1v) is 8.39. The maximum Gasteiger partial charge on any atom is 0.251 e. The molecule has 0 aromatic heterocycles. The normalized spacial score (nSPS) is 16.9. The van der Waals surface area contributed by atoms with Crippen molar-refractivity contribution in [2.24, 2.45) is 0 Å². The van der Waals surface area contributed by atoms with Crippen molar-refractivity contribution in [3.8, 4) is 0 Å². The third-order valence-corrected chi connectivity index (χ3v) is 4.58. The summed E-state index contributed by atoms with van der Waals surface area (Å²) in [7, 11) is 0. The number of nitrogen functional groups attached to an aromatic ring is 1. The number of benzene rings is 1. The van der Waals surface area contributed by atoms with Crippen LogP contribution >= 0.6 is 15.9 Å². The van der Waals surface area contributed by atoms with Crippen molar-refractivity contribution in [1.29, 1.82) is 0 Å². The van der Waals surface area contributed by atoms with Crippen molar-refractivity contribution >= 4 is 27.5 Å². The van der Waals surface area contributed by atoms with Gasteiger partial charge in [-0.25, -0.2) is 0 Å². The summed E-state index contributed by atoms with van der Waals surface area (Å²) in [6, 6.07) is 3.94. The number of nitrogens with zero attached hydrogens (tertiary/aromatic N) is 1. The van der Waals surface area contributed by atoms with Gasteiger partial charge < -0.3 is 16.0 Å². The molecule has 0 radical (unpaired) electrons. The third-order valence-electron chi connectivity index (χ3n) is 4.12. The fourth-order valence-electron chi connectivity index (χ4n) is 2.82. The number of nitrogens with two attached hydrogens (primary N) is 1. The van der Waals surface area contributed by atoms with Gasteiger partial charge in [0.05, 0.1) is 0 Å². The van der Waals surface area contributed by atoms with Gasteiger partial charge in [0.2, 0.25) is 0 Å². The smallest absolute Gasteiger partial charge is 0.251 e. The van der Waals surface area contributed by atoms with Gasteiger partial charge in [-0.15, -0.1) is 0 Å². The summed E-state index contributed by atoms with van der Waals surface area (Å²) in [6.07, 6.45) is 3.23. The van der Waals surface area contributed by atoms with E-state index in [4.69, 9.17) is 5.73 Å². The fourth-order valence-corrected chi connectivity index (χ4v) is 3.29. The monoisotopic (exact) mass is 353 g/mol. The zero-order valence-corrected chi connectivity index (χ0v) is 14.4. The average molecular weight is 354 g/mol. The van der Waals surface area contributed by atoms with E-state index in [-0.39, 0.29) is 11.9 Å². The van der Waals surface area contributed by atoms with E-state index in [1.807, 2.05) is 19.1 Å². The van der Waals surface area contributed by atoms with E-state index in [1.165, 1.54) is 6.42 Å². The number of piperidine rings is 1. The number of carbonyl (C=O) groups excluding carboxylic acids is 1. The summed E-state index contributed by atoms with van der Waals surface area (Å²) in [5, 5.41) is 3.15. The largest absolute Gasteiger partial charge is 0.398 e. The Morgan fingerprint density at radius 1 is 1.43 bits per heavy atom. The summed E-state index contributed by atoms with van der Waals surface area (Å²) in [6.45, 7) is 7.38. The lowest BCUT2D eigenvalue weighted by Crippen LogP contribution is -2.44. The van der Waals surface area contributed by atoms with E-state index in [0.29, 0.717) is 11.3 Å². The molecular formula is C16H24BrN3O. The predicted octanol–water partition coefficient (Wildman–Crippen LogP) is 2.94. The highest BCUT2D eigenvalue weighted by Crippen LogP contribution is 2.23. The number of nitrogens with one attached hydrogen (secondary N) is 1.